The molecule has 0 atom stereocenters. The van der Waals surface area contributed by atoms with Gasteiger partial charge in [0.2, 0.25) is 5.75 Å². The van der Waals surface area contributed by atoms with Crippen molar-refractivity contribution in [1.82, 2.24) is 20.2 Å². The number of carbonyl (C=O) groups excluding carboxylic acids is 2. The average Bonchev–Trinajstić information content (AvgIpc) is 3.33. The van der Waals surface area contributed by atoms with Gasteiger partial charge in [0.05, 0.1) is 4.88 Å². The van der Waals surface area contributed by atoms with E-state index in [1.165, 1.54) is 40.2 Å². The number of thiophene rings is 1. The molecule has 3 N–H and O–H groups in total. The summed E-state index contributed by atoms with van der Waals surface area (Å²) in [5, 5.41) is 17.7. The molecule has 2 heterocycles. The molecule has 34 heavy (non-hydrogen) atoms. The monoisotopic (exact) mass is 486 g/mol. The Labute approximate surface area is 200 Å². The summed E-state index contributed by atoms with van der Waals surface area (Å²) >= 11 is 1.34. The third kappa shape index (κ3) is 6.07. The van der Waals surface area contributed by atoms with E-state index in [0.29, 0.717) is 29.2 Å². The molecule has 0 aliphatic heterocycles. The Balaban J connectivity index is 1.74. The van der Waals surface area contributed by atoms with Gasteiger partial charge in [-0.3, -0.25) is 19.0 Å². The van der Waals surface area contributed by atoms with E-state index in [4.69, 9.17) is 0 Å². The minimum atomic E-state index is -0.743. The molecular weight excluding hydrogens is 459 g/mol. The summed E-state index contributed by atoms with van der Waals surface area (Å²) in [5.41, 5.74) is -1.03. The number of aromatic hydroxyl groups is 1. The van der Waals surface area contributed by atoms with Gasteiger partial charge in [0, 0.05) is 25.0 Å². The highest BCUT2D eigenvalue weighted by atomic mass is 32.1. The SMILES string of the molecule is CC(C)(C)c1nc(C(=O)NCc2ccc(F)cc2)c(O)c(=O)n1CCCNC(=O)c1cccs1. The zero-order valence-electron chi connectivity index (χ0n) is 19.2. The predicted octanol–water partition coefficient (Wildman–Crippen LogP) is 3.20. The molecule has 3 aromatic rings. The van der Waals surface area contributed by atoms with Gasteiger partial charge in [-0.25, -0.2) is 9.37 Å². The second kappa shape index (κ2) is 10.6. The minimum Gasteiger partial charge on any atom is -0.501 e. The zero-order chi connectivity index (χ0) is 24.9. The Kier molecular flexibility index (Phi) is 7.83. The Morgan fingerprint density at radius 1 is 1.12 bits per heavy atom. The molecule has 0 bridgehead atoms. The van der Waals surface area contributed by atoms with E-state index in [0.717, 1.165) is 0 Å². The second-order valence-corrected chi connectivity index (χ2v) is 9.68. The van der Waals surface area contributed by atoms with Gasteiger partial charge in [0.25, 0.3) is 17.4 Å². The molecule has 0 aliphatic rings. The molecule has 8 nitrogen and oxygen atoms in total. The standard InChI is InChI=1S/C24H27FN4O4S/c1-24(2,3)23-28-18(21(32)27-14-15-7-9-16(25)10-8-15)19(30)22(33)29(23)12-5-11-26-20(31)17-6-4-13-34-17/h4,6-10,13,30H,5,11-12,14H2,1-3H3,(H,26,31)(H,27,32). The van der Waals surface area contributed by atoms with Crippen LogP contribution in [0.4, 0.5) is 4.39 Å². The van der Waals surface area contributed by atoms with Crippen molar-refractivity contribution in [1.29, 1.82) is 0 Å². The van der Waals surface area contributed by atoms with Crippen LogP contribution in [-0.4, -0.2) is 33.0 Å². The van der Waals surface area contributed by atoms with E-state index in [-0.39, 0.29) is 30.5 Å². The summed E-state index contributed by atoms with van der Waals surface area (Å²) in [5.74, 6) is -1.69. The van der Waals surface area contributed by atoms with E-state index in [1.807, 2.05) is 26.2 Å². The van der Waals surface area contributed by atoms with Crippen LogP contribution in [0.2, 0.25) is 0 Å². The molecule has 1 aromatic carbocycles. The highest BCUT2D eigenvalue weighted by Crippen LogP contribution is 2.22. The van der Waals surface area contributed by atoms with Crippen LogP contribution < -0.4 is 16.2 Å². The maximum absolute atomic E-state index is 13.1. The number of amides is 2. The number of carbonyl (C=O) groups is 2. The number of rotatable bonds is 8. The maximum Gasteiger partial charge on any atom is 0.296 e. The largest absolute Gasteiger partial charge is 0.501 e. The smallest absolute Gasteiger partial charge is 0.296 e. The van der Waals surface area contributed by atoms with E-state index in [1.54, 1.807) is 12.1 Å². The molecule has 0 radical (unpaired) electrons. The van der Waals surface area contributed by atoms with Crippen LogP contribution in [-0.2, 0) is 18.5 Å². The lowest BCUT2D eigenvalue weighted by Crippen LogP contribution is -2.36. The molecule has 2 amide bonds. The summed E-state index contributed by atoms with van der Waals surface area (Å²) < 4.78 is 14.4. The van der Waals surface area contributed by atoms with E-state index in [9.17, 15) is 23.9 Å². The summed E-state index contributed by atoms with van der Waals surface area (Å²) in [6.07, 6.45) is 0.428. The summed E-state index contributed by atoms with van der Waals surface area (Å²) in [6, 6.07) is 9.12. The number of hydrogen-bond acceptors (Lipinski definition) is 6. The van der Waals surface area contributed by atoms with Crippen molar-refractivity contribution in [2.75, 3.05) is 6.54 Å². The van der Waals surface area contributed by atoms with Crippen molar-refractivity contribution in [3.63, 3.8) is 0 Å². The molecule has 0 fully saturated rings. The second-order valence-electron chi connectivity index (χ2n) is 8.74. The van der Waals surface area contributed by atoms with Crippen LogP contribution in [0.5, 0.6) is 5.75 Å². The molecule has 2 aromatic heterocycles. The number of hydrogen-bond donors (Lipinski definition) is 3. The minimum absolute atomic E-state index is 0.0815. The Hall–Kier alpha value is -3.53. The van der Waals surface area contributed by atoms with Crippen LogP contribution >= 0.6 is 11.3 Å². The first kappa shape index (κ1) is 25.1. The molecule has 0 aliphatic carbocycles. The molecule has 3 rings (SSSR count). The first-order chi connectivity index (χ1) is 16.1. The third-order valence-electron chi connectivity index (χ3n) is 4.99. The van der Waals surface area contributed by atoms with Gasteiger partial charge in [-0.15, -0.1) is 11.3 Å². The third-order valence-corrected chi connectivity index (χ3v) is 5.86. The molecule has 0 saturated heterocycles. The van der Waals surface area contributed by atoms with Crippen molar-refractivity contribution >= 4 is 23.2 Å². The fraction of sp³-hybridized carbons (Fsp3) is 0.333. The summed E-state index contributed by atoms with van der Waals surface area (Å²) in [7, 11) is 0. The molecular formula is C24H27FN4O4S. The van der Waals surface area contributed by atoms with E-state index < -0.39 is 22.6 Å². The highest BCUT2D eigenvalue weighted by molar-refractivity contribution is 7.12. The zero-order valence-corrected chi connectivity index (χ0v) is 20.0. The lowest BCUT2D eigenvalue weighted by Gasteiger charge is -2.24. The van der Waals surface area contributed by atoms with Crippen LogP contribution in [0.15, 0.2) is 46.6 Å². The molecule has 0 spiro atoms. The maximum atomic E-state index is 13.1. The van der Waals surface area contributed by atoms with Crippen LogP contribution in [0, 0.1) is 5.82 Å². The number of halogens is 1. The van der Waals surface area contributed by atoms with Crippen molar-refractivity contribution in [2.24, 2.45) is 0 Å². The van der Waals surface area contributed by atoms with Crippen molar-refractivity contribution in [2.45, 2.75) is 45.7 Å². The Morgan fingerprint density at radius 2 is 1.82 bits per heavy atom. The topological polar surface area (TPSA) is 113 Å². The van der Waals surface area contributed by atoms with Gasteiger partial charge >= 0.3 is 0 Å². The van der Waals surface area contributed by atoms with Gasteiger partial charge in [-0.2, -0.15) is 0 Å². The van der Waals surface area contributed by atoms with Gasteiger partial charge < -0.3 is 15.7 Å². The van der Waals surface area contributed by atoms with E-state index in [2.05, 4.69) is 15.6 Å². The Bertz CT molecular complexity index is 1220. The summed E-state index contributed by atoms with van der Waals surface area (Å²) in [6.45, 7) is 6.16. The number of aromatic nitrogens is 2. The molecule has 10 heteroatoms. The fourth-order valence-corrected chi connectivity index (χ4v) is 3.93. The van der Waals surface area contributed by atoms with Crippen molar-refractivity contribution in [3.05, 3.63) is 79.9 Å². The predicted molar refractivity (Wildman–Crippen MR) is 128 cm³/mol. The number of benzene rings is 1. The molecule has 180 valence electrons. The number of nitrogens with one attached hydrogen (secondary N) is 2. The van der Waals surface area contributed by atoms with Crippen LogP contribution in [0.3, 0.4) is 0 Å². The normalized spacial score (nSPS) is 11.3. The van der Waals surface area contributed by atoms with Crippen molar-refractivity contribution in [3.8, 4) is 5.75 Å². The van der Waals surface area contributed by atoms with Crippen LogP contribution in [0.1, 0.15) is 58.7 Å². The summed E-state index contributed by atoms with van der Waals surface area (Å²) in [4.78, 5) is 42.7. The number of nitrogens with zero attached hydrogens (tertiary/aromatic N) is 2. The van der Waals surface area contributed by atoms with Gasteiger partial charge in [-0.1, -0.05) is 39.0 Å². The highest BCUT2D eigenvalue weighted by Gasteiger charge is 2.27. The van der Waals surface area contributed by atoms with E-state index >= 15 is 0 Å². The Morgan fingerprint density at radius 3 is 2.44 bits per heavy atom. The van der Waals surface area contributed by atoms with Gasteiger partial charge in [0.15, 0.2) is 5.69 Å². The average molecular weight is 487 g/mol. The molecule has 0 unspecified atom stereocenters. The van der Waals surface area contributed by atoms with Crippen LogP contribution in [0.25, 0.3) is 0 Å². The lowest BCUT2D eigenvalue weighted by atomic mass is 9.95. The first-order valence-corrected chi connectivity index (χ1v) is 11.6. The van der Waals surface area contributed by atoms with Gasteiger partial charge in [-0.05, 0) is 35.6 Å². The van der Waals surface area contributed by atoms with Crippen molar-refractivity contribution < 1.29 is 19.1 Å². The quantitative estimate of drug-likeness (QED) is 0.423. The van der Waals surface area contributed by atoms with Gasteiger partial charge in [0.1, 0.15) is 11.6 Å². The fourth-order valence-electron chi connectivity index (χ4n) is 3.29. The molecule has 0 saturated carbocycles. The lowest BCUT2D eigenvalue weighted by molar-refractivity contribution is 0.0936. The first-order valence-electron chi connectivity index (χ1n) is 10.8.